The van der Waals surface area contributed by atoms with Crippen LogP contribution in [0, 0.1) is 12.7 Å². The third-order valence-corrected chi connectivity index (χ3v) is 6.88. The summed E-state index contributed by atoms with van der Waals surface area (Å²) in [6.07, 6.45) is 4.88. The summed E-state index contributed by atoms with van der Waals surface area (Å²) in [6.45, 7) is 5.69. The summed E-state index contributed by atoms with van der Waals surface area (Å²) < 4.78 is 29.2. The number of alkyl halides is 1. The number of hydrogen-bond acceptors (Lipinski definition) is 3. The second kappa shape index (κ2) is 10.1. The maximum atomic E-state index is 13.7. The number of hydrogen-bond donors (Lipinski definition) is 1. The zero-order valence-electron chi connectivity index (χ0n) is 20.5. The summed E-state index contributed by atoms with van der Waals surface area (Å²) >= 11 is 0. The molecule has 1 aliphatic heterocycles. The molecule has 0 saturated carbocycles. The van der Waals surface area contributed by atoms with Crippen LogP contribution in [0.15, 0.2) is 66.8 Å². The first-order valence-corrected chi connectivity index (χ1v) is 12.4. The number of allylic oxidation sites excluding steroid dienone is 4. The number of imidazole rings is 1. The van der Waals surface area contributed by atoms with Crippen molar-refractivity contribution in [1.29, 1.82) is 0 Å². The maximum Gasteiger partial charge on any atom is 0.223 e. The van der Waals surface area contributed by atoms with Crippen LogP contribution in [-0.2, 0) is 17.9 Å². The molecular weight excluding hydrogens is 458 g/mol. The number of fused-ring (bicyclic) bond motifs is 1. The fourth-order valence-corrected chi connectivity index (χ4v) is 4.72. The van der Waals surface area contributed by atoms with Crippen molar-refractivity contribution >= 4 is 23.0 Å². The SMILES string of the molecule is Cc1ccc(C(C)CC(=O)N2CCn3c(nc(C4=CCC(F)C=C4)c3Nc3ccc(F)cc3)C2)cc1. The lowest BCUT2D eigenvalue weighted by atomic mass is 9.96. The van der Waals surface area contributed by atoms with E-state index in [9.17, 15) is 13.6 Å². The summed E-state index contributed by atoms with van der Waals surface area (Å²) in [5.41, 5.74) is 4.63. The molecule has 5 rings (SSSR count). The minimum Gasteiger partial charge on any atom is -0.340 e. The third-order valence-electron chi connectivity index (χ3n) is 6.88. The van der Waals surface area contributed by atoms with E-state index in [1.54, 1.807) is 18.2 Å². The highest BCUT2D eigenvalue weighted by Gasteiger charge is 2.28. The molecule has 0 radical (unpaired) electrons. The van der Waals surface area contributed by atoms with E-state index < -0.39 is 6.17 Å². The first-order chi connectivity index (χ1) is 17.4. The van der Waals surface area contributed by atoms with Crippen molar-refractivity contribution in [2.45, 2.75) is 51.9 Å². The lowest BCUT2D eigenvalue weighted by Crippen LogP contribution is -2.39. The molecule has 2 aliphatic rings. The van der Waals surface area contributed by atoms with Gasteiger partial charge in [-0.25, -0.2) is 13.8 Å². The van der Waals surface area contributed by atoms with E-state index in [-0.39, 0.29) is 17.6 Å². The van der Waals surface area contributed by atoms with E-state index >= 15 is 0 Å². The predicted molar refractivity (Wildman–Crippen MR) is 138 cm³/mol. The number of halogens is 2. The molecule has 0 spiro atoms. The van der Waals surface area contributed by atoms with Crippen LogP contribution in [0.25, 0.3) is 5.57 Å². The van der Waals surface area contributed by atoms with E-state index in [4.69, 9.17) is 4.98 Å². The van der Waals surface area contributed by atoms with Crippen LogP contribution >= 0.6 is 0 Å². The average Bonchev–Trinajstić information content (AvgIpc) is 3.23. The Bertz CT molecular complexity index is 1310. The molecule has 2 aromatic carbocycles. The highest BCUT2D eigenvalue weighted by Crippen LogP contribution is 2.33. The number of carbonyl (C=O) groups excluding carboxylic acids is 1. The minimum absolute atomic E-state index is 0.101. The second-order valence-corrected chi connectivity index (χ2v) is 9.61. The number of carbonyl (C=O) groups is 1. The first-order valence-electron chi connectivity index (χ1n) is 12.4. The van der Waals surface area contributed by atoms with Crippen molar-refractivity contribution in [3.05, 3.63) is 95.2 Å². The van der Waals surface area contributed by atoms with Gasteiger partial charge in [0.25, 0.3) is 0 Å². The van der Waals surface area contributed by atoms with Crippen LogP contribution in [0.3, 0.4) is 0 Å². The number of rotatable bonds is 6. The number of aromatic nitrogens is 2. The van der Waals surface area contributed by atoms with Crippen LogP contribution in [0.2, 0.25) is 0 Å². The summed E-state index contributed by atoms with van der Waals surface area (Å²) in [7, 11) is 0. The summed E-state index contributed by atoms with van der Waals surface area (Å²) in [4.78, 5) is 19.9. The van der Waals surface area contributed by atoms with Gasteiger partial charge in [0.2, 0.25) is 5.91 Å². The standard InChI is InChI=1S/C29H30F2N4O/c1-19-3-5-21(6-4-19)20(2)17-27(36)34-15-16-35-26(18-34)33-28(22-7-9-23(30)10-8-22)29(35)32-25-13-11-24(31)12-14-25/h3-9,11-14,20,23,32H,10,15-18H2,1-2H3. The van der Waals surface area contributed by atoms with Crippen molar-refractivity contribution in [2.75, 3.05) is 11.9 Å². The number of aryl methyl sites for hydroxylation is 1. The van der Waals surface area contributed by atoms with Gasteiger partial charge >= 0.3 is 0 Å². The molecule has 36 heavy (non-hydrogen) atoms. The van der Waals surface area contributed by atoms with Gasteiger partial charge in [0.05, 0.1) is 6.54 Å². The zero-order chi connectivity index (χ0) is 25.2. The molecule has 1 aliphatic carbocycles. The Kier molecular flexibility index (Phi) is 6.72. The monoisotopic (exact) mass is 488 g/mol. The molecule has 2 heterocycles. The molecular formula is C29H30F2N4O. The normalized spacial score (nSPS) is 17.9. The maximum absolute atomic E-state index is 13.7. The Balaban J connectivity index is 1.38. The molecule has 186 valence electrons. The van der Waals surface area contributed by atoms with E-state index in [0.717, 1.165) is 28.5 Å². The topological polar surface area (TPSA) is 50.2 Å². The second-order valence-electron chi connectivity index (χ2n) is 9.61. The fourth-order valence-electron chi connectivity index (χ4n) is 4.72. The molecule has 2 atom stereocenters. The molecule has 1 N–H and O–H groups in total. The lowest BCUT2D eigenvalue weighted by Gasteiger charge is -2.29. The molecule has 1 aromatic heterocycles. The van der Waals surface area contributed by atoms with Crippen molar-refractivity contribution < 1.29 is 13.6 Å². The molecule has 0 fully saturated rings. The Morgan fingerprint density at radius 1 is 1.14 bits per heavy atom. The van der Waals surface area contributed by atoms with Gasteiger partial charge in [0.15, 0.2) is 0 Å². The van der Waals surface area contributed by atoms with Gasteiger partial charge in [-0.1, -0.05) is 48.9 Å². The van der Waals surface area contributed by atoms with Gasteiger partial charge in [-0.3, -0.25) is 4.79 Å². The minimum atomic E-state index is -0.997. The zero-order valence-corrected chi connectivity index (χ0v) is 20.5. The molecule has 5 nitrogen and oxygen atoms in total. The van der Waals surface area contributed by atoms with E-state index in [0.29, 0.717) is 38.2 Å². The lowest BCUT2D eigenvalue weighted by molar-refractivity contribution is -0.133. The average molecular weight is 489 g/mol. The quantitative estimate of drug-likeness (QED) is 0.444. The largest absolute Gasteiger partial charge is 0.340 e. The predicted octanol–water partition coefficient (Wildman–Crippen LogP) is 6.29. The molecule has 2 unspecified atom stereocenters. The fraction of sp³-hybridized carbons (Fsp3) is 0.310. The van der Waals surface area contributed by atoms with Crippen molar-refractivity contribution in [2.24, 2.45) is 0 Å². The van der Waals surface area contributed by atoms with Gasteiger partial charge in [-0.05, 0) is 54.3 Å². The van der Waals surface area contributed by atoms with Crippen molar-refractivity contribution in [3.8, 4) is 0 Å². The number of benzene rings is 2. The van der Waals surface area contributed by atoms with E-state index in [2.05, 4.69) is 48.0 Å². The number of nitrogens with zero attached hydrogens (tertiary/aromatic N) is 3. The van der Waals surface area contributed by atoms with Crippen LogP contribution in [0.5, 0.6) is 0 Å². The molecule has 3 aromatic rings. The number of nitrogens with one attached hydrogen (secondary N) is 1. The smallest absolute Gasteiger partial charge is 0.223 e. The molecule has 7 heteroatoms. The molecule has 0 saturated heterocycles. The molecule has 1 amide bonds. The van der Waals surface area contributed by atoms with Gasteiger partial charge in [-0.15, -0.1) is 0 Å². The van der Waals surface area contributed by atoms with Gasteiger partial charge in [0.1, 0.15) is 29.3 Å². The highest BCUT2D eigenvalue weighted by molar-refractivity contribution is 5.82. The summed E-state index contributed by atoms with van der Waals surface area (Å²) in [5, 5.41) is 3.38. The number of anilines is 2. The van der Waals surface area contributed by atoms with Crippen LogP contribution in [0.4, 0.5) is 20.3 Å². The Morgan fingerprint density at radius 2 is 1.89 bits per heavy atom. The van der Waals surface area contributed by atoms with Gasteiger partial charge < -0.3 is 14.8 Å². The van der Waals surface area contributed by atoms with E-state index in [1.165, 1.54) is 23.8 Å². The van der Waals surface area contributed by atoms with Gasteiger partial charge in [0, 0.05) is 31.6 Å². The van der Waals surface area contributed by atoms with Crippen LogP contribution in [-0.4, -0.2) is 33.1 Å². The third kappa shape index (κ3) is 5.10. The Morgan fingerprint density at radius 3 is 2.58 bits per heavy atom. The first kappa shape index (κ1) is 24.0. The highest BCUT2D eigenvalue weighted by atomic mass is 19.1. The van der Waals surface area contributed by atoms with Crippen LogP contribution < -0.4 is 5.32 Å². The van der Waals surface area contributed by atoms with E-state index in [1.807, 2.05) is 11.0 Å². The Hall–Kier alpha value is -3.74. The summed E-state index contributed by atoms with van der Waals surface area (Å²) in [6, 6.07) is 14.5. The van der Waals surface area contributed by atoms with Crippen molar-refractivity contribution in [1.82, 2.24) is 14.5 Å². The van der Waals surface area contributed by atoms with Crippen molar-refractivity contribution in [3.63, 3.8) is 0 Å². The van der Waals surface area contributed by atoms with Gasteiger partial charge in [-0.2, -0.15) is 0 Å². The van der Waals surface area contributed by atoms with Crippen LogP contribution in [0.1, 0.15) is 48.3 Å². The Labute approximate surface area is 210 Å². The summed E-state index contributed by atoms with van der Waals surface area (Å²) in [5.74, 6) is 1.46. The number of amides is 1. The molecule has 0 bridgehead atoms.